The van der Waals surface area contributed by atoms with E-state index in [4.69, 9.17) is 16.3 Å². The molecule has 0 saturated carbocycles. The van der Waals surface area contributed by atoms with Crippen molar-refractivity contribution in [3.8, 4) is 5.75 Å². The molecule has 1 fully saturated rings. The van der Waals surface area contributed by atoms with E-state index in [0.29, 0.717) is 24.7 Å². The molecular weight excluding hydrogens is 424 g/mol. The molecule has 1 N–H and O–H groups in total. The Morgan fingerprint density at radius 1 is 1.13 bits per heavy atom. The molecule has 0 aromatic heterocycles. The van der Waals surface area contributed by atoms with Crippen molar-refractivity contribution in [3.63, 3.8) is 0 Å². The van der Waals surface area contributed by atoms with Crippen LogP contribution >= 0.6 is 11.6 Å². The van der Waals surface area contributed by atoms with Crippen LogP contribution in [0, 0.1) is 11.8 Å². The van der Waals surface area contributed by atoms with Crippen LogP contribution in [0.2, 0.25) is 5.02 Å². The van der Waals surface area contributed by atoms with Gasteiger partial charge in [-0.15, -0.1) is 0 Å². The molecule has 1 amide bonds. The third kappa shape index (κ3) is 5.14. The van der Waals surface area contributed by atoms with E-state index >= 15 is 0 Å². The molecule has 2 aromatic rings. The highest BCUT2D eigenvalue weighted by Gasteiger charge is 2.34. The first-order valence-corrected chi connectivity index (χ1v) is 11.7. The zero-order chi connectivity index (χ0) is 21.9. The minimum atomic E-state index is -3.78. The predicted octanol–water partition coefficient (Wildman–Crippen LogP) is 3.95. The van der Waals surface area contributed by atoms with Gasteiger partial charge in [-0.25, -0.2) is 8.42 Å². The van der Waals surface area contributed by atoms with Gasteiger partial charge in [0.1, 0.15) is 10.6 Å². The Balaban J connectivity index is 1.83. The van der Waals surface area contributed by atoms with Gasteiger partial charge in [-0.2, -0.15) is 4.31 Å². The Morgan fingerprint density at radius 3 is 2.37 bits per heavy atom. The van der Waals surface area contributed by atoms with Crippen LogP contribution in [-0.4, -0.2) is 38.8 Å². The fourth-order valence-electron chi connectivity index (χ4n) is 3.85. The number of ether oxygens (including phenoxy) is 1. The Labute approximate surface area is 183 Å². The number of methoxy groups -OCH3 is 1. The van der Waals surface area contributed by atoms with Crippen molar-refractivity contribution in [2.45, 2.75) is 31.7 Å². The Kier molecular flexibility index (Phi) is 7.06. The second-order valence-corrected chi connectivity index (χ2v) is 10.3. The highest BCUT2D eigenvalue weighted by molar-refractivity contribution is 7.89. The van der Waals surface area contributed by atoms with Gasteiger partial charge in [0.2, 0.25) is 10.0 Å². The fourth-order valence-corrected chi connectivity index (χ4v) is 5.83. The van der Waals surface area contributed by atoms with Gasteiger partial charge in [0.05, 0.1) is 7.11 Å². The first-order chi connectivity index (χ1) is 14.2. The van der Waals surface area contributed by atoms with Gasteiger partial charge in [-0.3, -0.25) is 4.79 Å². The molecule has 0 spiro atoms. The van der Waals surface area contributed by atoms with Crippen molar-refractivity contribution in [1.29, 1.82) is 0 Å². The lowest BCUT2D eigenvalue weighted by Gasteiger charge is -2.34. The predicted molar refractivity (Wildman–Crippen MR) is 117 cm³/mol. The van der Waals surface area contributed by atoms with Gasteiger partial charge in [0.15, 0.2) is 0 Å². The highest BCUT2D eigenvalue weighted by atomic mass is 35.5. The van der Waals surface area contributed by atoms with Gasteiger partial charge >= 0.3 is 0 Å². The Hall–Kier alpha value is -2.09. The average molecular weight is 451 g/mol. The van der Waals surface area contributed by atoms with Gasteiger partial charge in [0, 0.05) is 30.2 Å². The van der Waals surface area contributed by atoms with E-state index < -0.39 is 10.0 Å². The van der Waals surface area contributed by atoms with Gasteiger partial charge in [0.25, 0.3) is 5.91 Å². The van der Waals surface area contributed by atoms with Crippen LogP contribution in [-0.2, 0) is 16.6 Å². The molecular formula is C22H27ClN2O4S. The number of carbonyl (C=O) groups is 1. The Bertz CT molecular complexity index is 998. The molecule has 162 valence electrons. The molecule has 2 aromatic carbocycles. The summed E-state index contributed by atoms with van der Waals surface area (Å²) in [5.74, 6) is 0.431. The number of hydrogen-bond acceptors (Lipinski definition) is 4. The summed E-state index contributed by atoms with van der Waals surface area (Å²) >= 11 is 5.88. The molecule has 2 unspecified atom stereocenters. The van der Waals surface area contributed by atoms with E-state index in [1.54, 1.807) is 18.2 Å². The van der Waals surface area contributed by atoms with Crippen molar-refractivity contribution in [3.05, 3.63) is 58.6 Å². The average Bonchev–Trinajstić information content (AvgIpc) is 2.72. The number of benzene rings is 2. The van der Waals surface area contributed by atoms with Gasteiger partial charge in [-0.1, -0.05) is 37.6 Å². The molecule has 1 aliphatic rings. The van der Waals surface area contributed by atoms with Crippen molar-refractivity contribution in [1.82, 2.24) is 9.62 Å². The van der Waals surface area contributed by atoms with Gasteiger partial charge < -0.3 is 10.1 Å². The Morgan fingerprint density at radius 2 is 1.77 bits per heavy atom. The molecule has 3 rings (SSSR count). The van der Waals surface area contributed by atoms with E-state index in [9.17, 15) is 13.2 Å². The lowest BCUT2D eigenvalue weighted by Crippen LogP contribution is -2.42. The number of rotatable bonds is 6. The summed E-state index contributed by atoms with van der Waals surface area (Å²) in [5, 5.41) is 3.43. The number of amides is 1. The maximum atomic E-state index is 13.3. The summed E-state index contributed by atoms with van der Waals surface area (Å²) in [6, 6.07) is 11.6. The molecule has 6 nitrogen and oxygen atoms in total. The van der Waals surface area contributed by atoms with Crippen LogP contribution in [0.3, 0.4) is 0 Å². The molecule has 0 aliphatic carbocycles. The smallest absolute Gasteiger partial charge is 0.251 e. The standard InChI is InChI=1S/C22H27ClN2O4S/c1-15-10-16(2)14-25(13-15)30(27,28)21-11-18(6-9-20(21)29-3)22(26)24-12-17-4-7-19(23)8-5-17/h4-9,11,15-16H,10,12-14H2,1-3H3,(H,24,26). The van der Waals surface area contributed by atoms with Crippen molar-refractivity contribution < 1.29 is 17.9 Å². The third-order valence-electron chi connectivity index (χ3n) is 5.25. The topological polar surface area (TPSA) is 75.7 Å². The second-order valence-electron chi connectivity index (χ2n) is 7.94. The van der Waals surface area contributed by atoms with E-state index in [0.717, 1.165) is 12.0 Å². The van der Waals surface area contributed by atoms with Gasteiger partial charge in [-0.05, 0) is 54.2 Å². The minimum absolute atomic E-state index is 0.0189. The molecule has 8 heteroatoms. The van der Waals surface area contributed by atoms with Crippen LogP contribution in [0.1, 0.15) is 36.2 Å². The van der Waals surface area contributed by atoms with E-state index in [1.807, 2.05) is 12.1 Å². The number of sulfonamides is 1. The van der Waals surface area contributed by atoms with Crippen molar-refractivity contribution in [2.24, 2.45) is 11.8 Å². The molecule has 30 heavy (non-hydrogen) atoms. The minimum Gasteiger partial charge on any atom is -0.495 e. The van der Waals surface area contributed by atoms with Crippen LogP contribution < -0.4 is 10.1 Å². The number of hydrogen-bond donors (Lipinski definition) is 1. The van der Waals surface area contributed by atoms with Crippen molar-refractivity contribution >= 4 is 27.5 Å². The quantitative estimate of drug-likeness (QED) is 0.723. The van der Waals surface area contributed by atoms with E-state index in [2.05, 4.69) is 19.2 Å². The highest BCUT2D eigenvalue weighted by Crippen LogP contribution is 2.32. The monoisotopic (exact) mass is 450 g/mol. The lowest BCUT2D eigenvalue weighted by molar-refractivity contribution is 0.0950. The number of nitrogens with zero attached hydrogens (tertiary/aromatic N) is 1. The van der Waals surface area contributed by atoms with Crippen molar-refractivity contribution in [2.75, 3.05) is 20.2 Å². The van der Waals surface area contributed by atoms with Crippen LogP contribution in [0.15, 0.2) is 47.4 Å². The largest absolute Gasteiger partial charge is 0.495 e. The van der Waals surface area contributed by atoms with E-state index in [-0.39, 0.29) is 34.0 Å². The number of halogens is 1. The van der Waals surface area contributed by atoms with E-state index in [1.165, 1.54) is 23.5 Å². The summed E-state index contributed by atoms with van der Waals surface area (Å²) in [5.41, 5.74) is 1.16. The molecule has 2 atom stereocenters. The lowest BCUT2D eigenvalue weighted by atomic mass is 9.94. The molecule has 1 saturated heterocycles. The summed E-state index contributed by atoms with van der Waals surface area (Å²) in [7, 11) is -2.36. The maximum absolute atomic E-state index is 13.3. The third-order valence-corrected chi connectivity index (χ3v) is 7.35. The molecule has 1 aliphatic heterocycles. The summed E-state index contributed by atoms with van der Waals surface area (Å²) in [6.45, 7) is 5.34. The second kappa shape index (κ2) is 9.37. The normalized spacial score (nSPS) is 20.0. The SMILES string of the molecule is COc1ccc(C(=O)NCc2ccc(Cl)cc2)cc1S(=O)(=O)N1CC(C)CC(C)C1. The molecule has 0 bridgehead atoms. The number of piperidine rings is 1. The number of carbonyl (C=O) groups excluding carboxylic acids is 1. The molecule has 0 radical (unpaired) electrons. The summed E-state index contributed by atoms with van der Waals surface area (Å²) < 4.78 is 33.5. The fraction of sp³-hybridized carbons (Fsp3) is 0.409. The number of nitrogens with one attached hydrogen (secondary N) is 1. The first kappa shape index (κ1) is 22.6. The summed E-state index contributed by atoms with van der Waals surface area (Å²) in [6.07, 6.45) is 0.996. The first-order valence-electron chi connectivity index (χ1n) is 9.91. The van der Waals surface area contributed by atoms with Crippen LogP contribution in [0.25, 0.3) is 0 Å². The molecule has 1 heterocycles. The zero-order valence-electron chi connectivity index (χ0n) is 17.4. The summed E-state index contributed by atoms with van der Waals surface area (Å²) in [4.78, 5) is 12.7. The van der Waals surface area contributed by atoms with Crippen LogP contribution in [0.4, 0.5) is 0 Å². The van der Waals surface area contributed by atoms with Crippen LogP contribution in [0.5, 0.6) is 5.75 Å². The maximum Gasteiger partial charge on any atom is 0.251 e. The zero-order valence-corrected chi connectivity index (χ0v) is 19.0.